The Hall–Kier alpha value is -2.24. The zero-order chi connectivity index (χ0) is 14.2. The number of carboxylic acid groups (broad SMARTS) is 1. The van der Waals surface area contributed by atoms with Gasteiger partial charge in [-0.1, -0.05) is 6.92 Å². The summed E-state index contributed by atoms with van der Waals surface area (Å²) in [6.45, 7) is 3.21. The molecule has 2 rings (SSSR count). The maximum absolute atomic E-state index is 12.2. The van der Waals surface area contributed by atoms with Gasteiger partial charge in [-0.3, -0.25) is 9.69 Å². The number of aromatic hydroxyl groups is 1. The molecule has 6 nitrogen and oxygen atoms in total. The molecule has 0 aliphatic carbocycles. The molecule has 2 atom stereocenters. The van der Waals surface area contributed by atoms with Gasteiger partial charge in [0.1, 0.15) is 17.5 Å². The number of aliphatic carboxylic acids is 1. The van der Waals surface area contributed by atoms with E-state index in [1.165, 1.54) is 25.1 Å². The number of fused-ring (bicyclic) bond motifs is 1. The van der Waals surface area contributed by atoms with Crippen LogP contribution in [0.3, 0.4) is 0 Å². The average molecular weight is 265 g/mol. The molecule has 0 aromatic heterocycles. The van der Waals surface area contributed by atoms with Gasteiger partial charge in [0.2, 0.25) is 0 Å². The minimum absolute atomic E-state index is 0.0484. The van der Waals surface area contributed by atoms with Crippen molar-refractivity contribution >= 4 is 17.6 Å². The molecule has 19 heavy (non-hydrogen) atoms. The van der Waals surface area contributed by atoms with E-state index in [1.54, 1.807) is 6.92 Å². The first kappa shape index (κ1) is 13.2. The van der Waals surface area contributed by atoms with E-state index in [1.807, 2.05) is 0 Å². The number of nitrogens with zero attached hydrogens (tertiary/aromatic N) is 1. The van der Waals surface area contributed by atoms with Crippen molar-refractivity contribution in [1.82, 2.24) is 0 Å². The first-order valence-corrected chi connectivity index (χ1v) is 6.01. The lowest BCUT2D eigenvalue weighted by atomic mass is 10.1. The highest BCUT2D eigenvalue weighted by atomic mass is 16.5. The second-order valence-electron chi connectivity index (χ2n) is 4.39. The number of carbonyl (C=O) groups is 2. The van der Waals surface area contributed by atoms with Gasteiger partial charge in [-0.15, -0.1) is 0 Å². The predicted molar refractivity (Wildman–Crippen MR) is 67.4 cm³/mol. The number of hydrogen-bond acceptors (Lipinski definition) is 4. The summed E-state index contributed by atoms with van der Waals surface area (Å²) in [4.78, 5) is 24.5. The molecular weight excluding hydrogens is 250 g/mol. The fourth-order valence-corrected chi connectivity index (χ4v) is 2.04. The van der Waals surface area contributed by atoms with E-state index >= 15 is 0 Å². The molecule has 2 unspecified atom stereocenters. The smallest absolute Gasteiger partial charge is 0.326 e. The Morgan fingerprint density at radius 3 is 2.79 bits per heavy atom. The molecule has 0 bridgehead atoms. The third-order valence-corrected chi connectivity index (χ3v) is 3.10. The number of phenols is 1. The molecule has 1 aromatic carbocycles. The summed E-state index contributed by atoms with van der Waals surface area (Å²) in [5.41, 5.74) is 0.282. The van der Waals surface area contributed by atoms with E-state index in [0.29, 0.717) is 12.2 Å². The third-order valence-electron chi connectivity index (χ3n) is 3.10. The molecule has 1 aromatic rings. The molecule has 1 amide bonds. The average Bonchev–Trinajstić information content (AvgIpc) is 2.37. The lowest BCUT2D eigenvalue weighted by Gasteiger charge is -2.36. The van der Waals surface area contributed by atoms with Gasteiger partial charge >= 0.3 is 5.97 Å². The SMILES string of the molecule is CCC1Oc2ccc(O)cc2N(C(C)C(=O)O)C1=O. The molecule has 0 saturated carbocycles. The molecule has 1 aliphatic heterocycles. The quantitative estimate of drug-likeness (QED) is 0.861. The first-order chi connectivity index (χ1) is 8.95. The Bertz CT molecular complexity index is 528. The molecule has 0 fully saturated rings. The Morgan fingerprint density at radius 2 is 2.21 bits per heavy atom. The van der Waals surface area contributed by atoms with Crippen LogP contribution in [0.4, 0.5) is 5.69 Å². The number of ether oxygens (including phenoxy) is 1. The fraction of sp³-hybridized carbons (Fsp3) is 0.385. The summed E-state index contributed by atoms with van der Waals surface area (Å²) in [6, 6.07) is 3.27. The molecule has 1 aliphatic rings. The van der Waals surface area contributed by atoms with E-state index in [9.17, 15) is 14.7 Å². The molecular formula is C13H15NO5. The lowest BCUT2D eigenvalue weighted by Crippen LogP contribution is -2.52. The van der Waals surface area contributed by atoms with Gasteiger partial charge in [-0.25, -0.2) is 4.79 Å². The summed E-state index contributed by atoms with van der Waals surface area (Å²) < 4.78 is 5.51. The van der Waals surface area contributed by atoms with Gasteiger partial charge in [0.25, 0.3) is 5.91 Å². The van der Waals surface area contributed by atoms with Crippen molar-refractivity contribution < 1.29 is 24.5 Å². The van der Waals surface area contributed by atoms with Crippen molar-refractivity contribution in [3.63, 3.8) is 0 Å². The van der Waals surface area contributed by atoms with Crippen molar-refractivity contribution in [3.05, 3.63) is 18.2 Å². The summed E-state index contributed by atoms with van der Waals surface area (Å²) in [6.07, 6.45) is -0.249. The van der Waals surface area contributed by atoms with Crippen LogP contribution in [0, 0.1) is 0 Å². The van der Waals surface area contributed by atoms with Gasteiger partial charge in [0.15, 0.2) is 6.10 Å². The molecule has 6 heteroatoms. The Kier molecular flexibility index (Phi) is 3.33. The zero-order valence-electron chi connectivity index (χ0n) is 10.7. The molecule has 0 spiro atoms. The molecule has 0 radical (unpaired) electrons. The molecule has 102 valence electrons. The van der Waals surface area contributed by atoms with Gasteiger partial charge in [-0.05, 0) is 25.5 Å². The lowest BCUT2D eigenvalue weighted by molar-refractivity contribution is -0.140. The maximum atomic E-state index is 12.2. The van der Waals surface area contributed by atoms with Crippen molar-refractivity contribution in [2.24, 2.45) is 0 Å². The van der Waals surface area contributed by atoms with Crippen molar-refractivity contribution in [3.8, 4) is 11.5 Å². The van der Waals surface area contributed by atoms with Gasteiger partial charge in [0, 0.05) is 6.07 Å². The highest BCUT2D eigenvalue weighted by Gasteiger charge is 2.38. The highest BCUT2D eigenvalue weighted by Crippen LogP contribution is 2.38. The van der Waals surface area contributed by atoms with Crippen LogP contribution < -0.4 is 9.64 Å². The van der Waals surface area contributed by atoms with Crippen molar-refractivity contribution in [1.29, 1.82) is 0 Å². The second kappa shape index (κ2) is 4.79. The third kappa shape index (κ3) is 2.21. The molecule has 1 heterocycles. The minimum atomic E-state index is -1.11. The number of carboxylic acids is 1. The minimum Gasteiger partial charge on any atom is -0.508 e. The van der Waals surface area contributed by atoms with Crippen molar-refractivity contribution in [2.45, 2.75) is 32.4 Å². The maximum Gasteiger partial charge on any atom is 0.326 e. The highest BCUT2D eigenvalue weighted by molar-refractivity contribution is 6.04. The van der Waals surface area contributed by atoms with Crippen LogP contribution in [0.25, 0.3) is 0 Å². The van der Waals surface area contributed by atoms with Gasteiger partial charge < -0.3 is 14.9 Å². The fourth-order valence-electron chi connectivity index (χ4n) is 2.04. The van der Waals surface area contributed by atoms with E-state index in [4.69, 9.17) is 9.84 Å². The largest absolute Gasteiger partial charge is 0.508 e. The Balaban J connectivity index is 2.53. The number of hydrogen-bond donors (Lipinski definition) is 2. The normalized spacial score (nSPS) is 19.6. The number of phenolic OH excluding ortho intramolecular Hbond substituents is 1. The van der Waals surface area contributed by atoms with Crippen LogP contribution in [-0.2, 0) is 9.59 Å². The summed E-state index contributed by atoms with van der Waals surface area (Å²) in [7, 11) is 0. The first-order valence-electron chi connectivity index (χ1n) is 6.01. The van der Waals surface area contributed by atoms with Crippen LogP contribution in [0.1, 0.15) is 20.3 Å². The van der Waals surface area contributed by atoms with Crippen LogP contribution >= 0.6 is 0 Å². The second-order valence-corrected chi connectivity index (χ2v) is 4.39. The number of anilines is 1. The van der Waals surface area contributed by atoms with Crippen LogP contribution in [0.5, 0.6) is 11.5 Å². The number of amides is 1. The molecule has 2 N–H and O–H groups in total. The van der Waals surface area contributed by atoms with Gasteiger partial charge in [0.05, 0.1) is 5.69 Å². The summed E-state index contributed by atoms with van der Waals surface area (Å²) >= 11 is 0. The van der Waals surface area contributed by atoms with Gasteiger partial charge in [-0.2, -0.15) is 0 Å². The molecule has 0 saturated heterocycles. The predicted octanol–water partition coefficient (Wildman–Crippen LogP) is 1.37. The Morgan fingerprint density at radius 1 is 1.53 bits per heavy atom. The van der Waals surface area contributed by atoms with Crippen LogP contribution in [0.2, 0.25) is 0 Å². The summed E-state index contributed by atoms with van der Waals surface area (Å²) in [5.74, 6) is -1.17. The summed E-state index contributed by atoms with van der Waals surface area (Å²) in [5, 5.41) is 18.6. The van der Waals surface area contributed by atoms with E-state index < -0.39 is 24.0 Å². The topological polar surface area (TPSA) is 87.1 Å². The zero-order valence-corrected chi connectivity index (χ0v) is 10.7. The van der Waals surface area contributed by atoms with E-state index in [2.05, 4.69) is 0 Å². The number of benzene rings is 1. The number of rotatable bonds is 3. The van der Waals surface area contributed by atoms with E-state index in [-0.39, 0.29) is 11.4 Å². The van der Waals surface area contributed by atoms with Crippen molar-refractivity contribution in [2.75, 3.05) is 4.90 Å². The van der Waals surface area contributed by atoms with E-state index in [0.717, 1.165) is 4.90 Å². The monoisotopic (exact) mass is 265 g/mol. The van der Waals surface area contributed by atoms with Crippen LogP contribution in [-0.4, -0.2) is 34.2 Å². The number of carbonyl (C=O) groups excluding carboxylic acids is 1. The standard InChI is InChI=1S/C13H15NO5/c1-3-10-12(16)14(7(2)13(17)18)9-6-8(15)4-5-11(9)19-10/h4-7,10,15H,3H2,1-2H3,(H,17,18). The Labute approximate surface area is 110 Å². The van der Waals surface area contributed by atoms with Crippen LogP contribution in [0.15, 0.2) is 18.2 Å².